The molecule has 0 bridgehead atoms. The molecule has 0 aliphatic heterocycles. The normalized spacial score (nSPS) is 10.6. The lowest BCUT2D eigenvalue weighted by atomic mass is 10.1. The molecule has 0 saturated heterocycles. The zero-order valence-corrected chi connectivity index (χ0v) is 12.7. The van der Waals surface area contributed by atoms with Crippen LogP contribution in [0.15, 0.2) is 30.7 Å². The number of aliphatic hydroxyl groups excluding tert-OH is 1. The molecule has 112 valence electrons. The summed E-state index contributed by atoms with van der Waals surface area (Å²) in [4.78, 5) is 15.7. The minimum Gasteiger partial charge on any atom is -0.395 e. The number of nitrogens with one attached hydrogen (secondary N) is 1. The number of amides is 1. The van der Waals surface area contributed by atoms with Crippen LogP contribution in [0.1, 0.15) is 16.1 Å². The molecule has 0 radical (unpaired) electrons. The SMILES string of the molecule is O=C(NCCO)c1cn(CCc2cc(Cl)ccc2Cl)cn1. The summed E-state index contributed by atoms with van der Waals surface area (Å²) in [6.45, 7) is 0.754. The molecule has 0 unspecified atom stereocenters. The fourth-order valence-electron chi connectivity index (χ4n) is 1.84. The van der Waals surface area contributed by atoms with Crippen molar-refractivity contribution in [2.24, 2.45) is 0 Å². The Balaban J connectivity index is 1.96. The topological polar surface area (TPSA) is 67.2 Å². The highest BCUT2D eigenvalue weighted by Crippen LogP contribution is 2.21. The molecule has 1 aromatic heterocycles. The van der Waals surface area contributed by atoms with E-state index >= 15 is 0 Å². The van der Waals surface area contributed by atoms with Crippen LogP contribution in [-0.4, -0.2) is 33.7 Å². The molecule has 2 aromatic rings. The van der Waals surface area contributed by atoms with Crippen molar-refractivity contribution in [3.63, 3.8) is 0 Å². The van der Waals surface area contributed by atoms with Crippen LogP contribution in [0.2, 0.25) is 10.0 Å². The molecule has 21 heavy (non-hydrogen) atoms. The van der Waals surface area contributed by atoms with Gasteiger partial charge in [-0.25, -0.2) is 4.98 Å². The van der Waals surface area contributed by atoms with Crippen LogP contribution in [-0.2, 0) is 13.0 Å². The van der Waals surface area contributed by atoms with Gasteiger partial charge in [-0.2, -0.15) is 0 Å². The van der Waals surface area contributed by atoms with Gasteiger partial charge in [0.15, 0.2) is 0 Å². The Morgan fingerprint density at radius 3 is 2.95 bits per heavy atom. The van der Waals surface area contributed by atoms with Gasteiger partial charge in [0.2, 0.25) is 0 Å². The summed E-state index contributed by atoms with van der Waals surface area (Å²) in [5, 5.41) is 12.5. The molecule has 0 spiro atoms. The highest BCUT2D eigenvalue weighted by Gasteiger charge is 2.09. The summed E-state index contributed by atoms with van der Waals surface area (Å²) < 4.78 is 1.81. The van der Waals surface area contributed by atoms with E-state index in [1.54, 1.807) is 24.7 Å². The lowest BCUT2D eigenvalue weighted by Gasteiger charge is -2.05. The van der Waals surface area contributed by atoms with Crippen molar-refractivity contribution >= 4 is 29.1 Å². The summed E-state index contributed by atoms with van der Waals surface area (Å²) in [5.41, 5.74) is 1.27. The van der Waals surface area contributed by atoms with Gasteiger partial charge in [-0.3, -0.25) is 4.79 Å². The fraction of sp³-hybridized carbons (Fsp3) is 0.286. The largest absolute Gasteiger partial charge is 0.395 e. The monoisotopic (exact) mass is 327 g/mol. The van der Waals surface area contributed by atoms with E-state index in [4.69, 9.17) is 28.3 Å². The molecule has 0 aliphatic rings. The number of carbonyl (C=O) groups excluding carboxylic acids is 1. The molecule has 1 amide bonds. The first kappa shape index (κ1) is 15.8. The number of carbonyl (C=O) groups is 1. The number of hydrogen-bond acceptors (Lipinski definition) is 3. The van der Waals surface area contributed by atoms with E-state index < -0.39 is 0 Å². The second kappa shape index (κ2) is 7.45. The van der Waals surface area contributed by atoms with Crippen LogP contribution >= 0.6 is 23.2 Å². The molecule has 0 fully saturated rings. The summed E-state index contributed by atoms with van der Waals surface area (Å²) in [5.74, 6) is -0.302. The molecule has 0 aliphatic carbocycles. The van der Waals surface area contributed by atoms with Crippen molar-refractivity contribution in [3.8, 4) is 0 Å². The Kier molecular flexibility index (Phi) is 5.61. The first-order valence-corrected chi connectivity index (χ1v) is 7.20. The van der Waals surface area contributed by atoms with Crippen LogP contribution in [0.5, 0.6) is 0 Å². The maximum Gasteiger partial charge on any atom is 0.271 e. The number of halogens is 2. The number of hydrogen-bond donors (Lipinski definition) is 2. The van der Waals surface area contributed by atoms with Gasteiger partial charge < -0.3 is 15.0 Å². The Morgan fingerprint density at radius 1 is 1.38 bits per heavy atom. The zero-order valence-electron chi connectivity index (χ0n) is 11.2. The number of rotatable bonds is 6. The maximum atomic E-state index is 11.7. The predicted molar refractivity (Wildman–Crippen MR) is 81.8 cm³/mol. The smallest absolute Gasteiger partial charge is 0.271 e. The van der Waals surface area contributed by atoms with Crippen molar-refractivity contribution in [2.45, 2.75) is 13.0 Å². The summed E-state index contributed by atoms with van der Waals surface area (Å²) in [6, 6.07) is 5.34. The molecule has 0 atom stereocenters. The Bertz CT molecular complexity index is 628. The van der Waals surface area contributed by atoms with Crippen molar-refractivity contribution in [1.82, 2.24) is 14.9 Å². The zero-order chi connectivity index (χ0) is 15.2. The average molecular weight is 328 g/mol. The van der Waals surface area contributed by atoms with E-state index in [9.17, 15) is 4.79 Å². The Morgan fingerprint density at radius 2 is 2.19 bits per heavy atom. The van der Waals surface area contributed by atoms with E-state index in [1.807, 2.05) is 10.6 Å². The average Bonchev–Trinajstić information content (AvgIpc) is 2.94. The summed E-state index contributed by atoms with van der Waals surface area (Å²) in [6.07, 6.45) is 3.94. The van der Waals surface area contributed by atoms with Gasteiger partial charge in [-0.05, 0) is 30.2 Å². The second-order valence-corrected chi connectivity index (χ2v) is 5.31. The quantitative estimate of drug-likeness (QED) is 0.854. The van der Waals surface area contributed by atoms with E-state index in [0.717, 1.165) is 5.56 Å². The molecular formula is C14H15Cl2N3O2. The predicted octanol–water partition coefficient (Wildman–Crippen LogP) is 2.15. The summed E-state index contributed by atoms with van der Waals surface area (Å²) >= 11 is 12.0. The van der Waals surface area contributed by atoms with Crippen LogP contribution < -0.4 is 5.32 Å². The highest BCUT2D eigenvalue weighted by atomic mass is 35.5. The lowest BCUT2D eigenvalue weighted by molar-refractivity contribution is 0.0940. The highest BCUT2D eigenvalue weighted by molar-refractivity contribution is 6.33. The van der Waals surface area contributed by atoms with Crippen molar-refractivity contribution in [2.75, 3.05) is 13.2 Å². The second-order valence-electron chi connectivity index (χ2n) is 4.46. The van der Waals surface area contributed by atoms with Crippen LogP contribution in [0.4, 0.5) is 0 Å². The van der Waals surface area contributed by atoms with Crippen molar-refractivity contribution < 1.29 is 9.90 Å². The minimum atomic E-state index is -0.302. The molecule has 0 saturated carbocycles. The standard InChI is InChI=1S/C14H15Cl2N3O2/c15-11-1-2-12(16)10(7-11)3-5-19-8-13(18-9-19)14(21)17-4-6-20/h1-2,7-9,20H,3-6H2,(H,17,21). The number of benzene rings is 1. The minimum absolute atomic E-state index is 0.0975. The maximum absolute atomic E-state index is 11.7. The van der Waals surface area contributed by atoms with Crippen molar-refractivity contribution in [1.29, 1.82) is 0 Å². The number of imidazole rings is 1. The van der Waals surface area contributed by atoms with Gasteiger partial charge in [0.1, 0.15) is 5.69 Å². The van der Waals surface area contributed by atoms with Crippen molar-refractivity contribution in [3.05, 3.63) is 52.0 Å². The van der Waals surface area contributed by atoms with Gasteiger partial charge in [-0.15, -0.1) is 0 Å². The molecule has 5 nitrogen and oxygen atoms in total. The molecule has 1 aromatic carbocycles. The fourth-order valence-corrected chi connectivity index (χ4v) is 2.25. The first-order chi connectivity index (χ1) is 10.1. The van der Waals surface area contributed by atoms with E-state index in [-0.39, 0.29) is 19.1 Å². The first-order valence-electron chi connectivity index (χ1n) is 6.45. The molecule has 2 rings (SSSR count). The molecular weight excluding hydrogens is 313 g/mol. The van der Waals surface area contributed by atoms with E-state index in [2.05, 4.69) is 10.3 Å². The lowest BCUT2D eigenvalue weighted by Crippen LogP contribution is -2.26. The van der Waals surface area contributed by atoms with Gasteiger partial charge in [-0.1, -0.05) is 23.2 Å². The van der Waals surface area contributed by atoms with Gasteiger partial charge >= 0.3 is 0 Å². The summed E-state index contributed by atoms with van der Waals surface area (Å²) in [7, 11) is 0. The number of aliphatic hydroxyl groups is 1. The molecule has 1 heterocycles. The number of aromatic nitrogens is 2. The molecule has 7 heteroatoms. The van der Waals surface area contributed by atoms with Crippen LogP contribution in [0.3, 0.4) is 0 Å². The Labute approximate surface area is 132 Å². The third-order valence-electron chi connectivity index (χ3n) is 2.91. The van der Waals surface area contributed by atoms with Crippen LogP contribution in [0.25, 0.3) is 0 Å². The number of aryl methyl sites for hydroxylation is 2. The third kappa shape index (κ3) is 4.46. The van der Waals surface area contributed by atoms with Gasteiger partial charge in [0.25, 0.3) is 5.91 Å². The molecule has 2 N–H and O–H groups in total. The van der Waals surface area contributed by atoms with Crippen LogP contribution in [0, 0.1) is 0 Å². The Hall–Kier alpha value is -1.56. The third-order valence-corrected chi connectivity index (χ3v) is 3.51. The van der Waals surface area contributed by atoms with Gasteiger partial charge in [0.05, 0.1) is 12.9 Å². The van der Waals surface area contributed by atoms with E-state index in [1.165, 1.54) is 0 Å². The van der Waals surface area contributed by atoms with E-state index in [0.29, 0.717) is 28.7 Å². The van der Waals surface area contributed by atoms with Gasteiger partial charge in [0, 0.05) is 29.3 Å². The number of nitrogens with zero attached hydrogens (tertiary/aromatic N) is 2.